The van der Waals surface area contributed by atoms with Gasteiger partial charge in [0.2, 0.25) is 0 Å². The topological polar surface area (TPSA) is 38.9 Å². The first-order chi connectivity index (χ1) is 8.08. The van der Waals surface area contributed by atoms with Gasteiger partial charge in [-0.2, -0.15) is 0 Å². The molecular weight excluding hydrogens is 320 g/mol. The third kappa shape index (κ3) is 2.94. The van der Waals surface area contributed by atoms with E-state index in [9.17, 15) is 0 Å². The van der Waals surface area contributed by atoms with Crippen molar-refractivity contribution in [2.45, 2.75) is 16.8 Å². The van der Waals surface area contributed by atoms with E-state index in [2.05, 4.69) is 20.9 Å². The number of halogens is 2. The van der Waals surface area contributed by atoms with Gasteiger partial charge in [-0.25, -0.2) is 4.98 Å². The quantitative estimate of drug-likeness (QED) is 0.879. The minimum Gasteiger partial charge on any atom is -0.397 e. The summed E-state index contributed by atoms with van der Waals surface area (Å²) in [5.41, 5.74) is 7.49. The summed E-state index contributed by atoms with van der Waals surface area (Å²) >= 11 is 10.9. The lowest BCUT2D eigenvalue weighted by Crippen LogP contribution is -1.94. The largest absolute Gasteiger partial charge is 0.397 e. The zero-order valence-corrected chi connectivity index (χ0v) is 12.2. The summed E-state index contributed by atoms with van der Waals surface area (Å²) in [6.45, 7) is 1.97. The van der Waals surface area contributed by atoms with Crippen molar-refractivity contribution in [2.75, 3.05) is 5.73 Å². The Morgan fingerprint density at radius 2 is 1.94 bits per heavy atom. The number of hydrogen-bond acceptors (Lipinski definition) is 3. The molecule has 0 bridgehead atoms. The fourth-order valence-electron chi connectivity index (χ4n) is 1.25. The van der Waals surface area contributed by atoms with E-state index in [-0.39, 0.29) is 0 Å². The van der Waals surface area contributed by atoms with Crippen LogP contribution >= 0.6 is 39.3 Å². The molecule has 0 aliphatic carbocycles. The fraction of sp³-hybridized carbons (Fsp3) is 0.0833. The molecule has 1 aromatic carbocycles. The Morgan fingerprint density at radius 3 is 2.59 bits per heavy atom. The first-order valence-corrected chi connectivity index (χ1v) is 6.90. The average Bonchev–Trinajstić information content (AvgIpc) is 2.33. The lowest BCUT2D eigenvalue weighted by molar-refractivity contribution is 1.09. The van der Waals surface area contributed by atoms with Gasteiger partial charge in [0.05, 0.1) is 16.4 Å². The smallest absolute Gasteiger partial charge is 0.115 e. The molecule has 1 heterocycles. The van der Waals surface area contributed by atoms with Gasteiger partial charge in [0, 0.05) is 9.92 Å². The summed E-state index contributed by atoms with van der Waals surface area (Å²) in [7, 11) is 0. The van der Waals surface area contributed by atoms with Gasteiger partial charge in [0.1, 0.15) is 5.03 Å². The number of benzene rings is 1. The number of nitrogen functional groups attached to an aromatic ring is 1. The normalized spacial score (nSPS) is 10.5. The molecule has 1 aromatic heterocycles. The van der Waals surface area contributed by atoms with Crippen molar-refractivity contribution in [3.63, 3.8) is 0 Å². The highest BCUT2D eigenvalue weighted by Gasteiger charge is 2.08. The number of pyridine rings is 1. The predicted octanol–water partition coefficient (Wildman–Crippen LogP) is 4.54. The van der Waals surface area contributed by atoms with Gasteiger partial charge in [0.25, 0.3) is 0 Å². The van der Waals surface area contributed by atoms with Gasteiger partial charge in [-0.05, 0) is 52.7 Å². The second kappa shape index (κ2) is 5.29. The molecule has 2 rings (SSSR count). The van der Waals surface area contributed by atoms with Crippen LogP contribution in [-0.2, 0) is 0 Å². The first-order valence-electron chi connectivity index (χ1n) is 4.92. The zero-order chi connectivity index (χ0) is 12.4. The van der Waals surface area contributed by atoms with E-state index < -0.39 is 0 Å². The van der Waals surface area contributed by atoms with E-state index in [1.54, 1.807) is 18.0 Å². The predicted molar refractivity (Wildman–Crippen MR) is 76.7 cm³/mol. The first kappa shape index (κ1) is 12.7. The van der Waals surface area contributed by atoms with Gasteiger partial charge in [-0.1, -0.05) is 23.4 Å². The Kier molecular flexibility index (Phi) is 3.97. The number of hydrogen-bond donors (Lipinski definition) is 1. The molecule has 88 valence electrons. The van der Waals surface area contributed by atoms with Crippen LogP contribution in [0, 0.1) is 6.92 Å². The Labute approximate surface area is 118 Å². The number of nitrogens with two attached hydrogens (primary N) is 1. The minimum absolute atomic E-state index is 0.692. The molecule has 5 heteroatoms. The van der Waals surface area contributed by atoms with E-state index in [0.29, 0.717) is 5.69 Å². The molecule has 2 N–H and O–H groups in total. The van der Waals surface area contributed by atoms with Crippen LogP contribution in [-0.4, -0.2) is 4.98 Å². The van der Waals surface area contributed by atoms with Crippen molar-refractivity contribution in [2.24, 2.45) is 0 Å². The van der Waals surface area contributed by atoms with Crippen molar-refractivity contribution in [1.82, 2.24) is 4.98 Å². The van der Waals surface area contributed by atoms with Crippen LogP contribution in [0.15, 0.2) is 44.9 Å². The third-order valence-corrected chi connectivity index (χ3v) is 4.79. The van der Waals surface area contributed by atoms with Crippen LogP contribution in [0.2, 0.25) is 5.02 Å². The molecule has 0 saturated heterocycles. The lowest BCUT2D eigenvalue weighted by Gasteiger charge is -2.08. The minimum atomic E-state index is 0.692. The van der Waals surface area contributed by atoms with Crippen LogP contribution < -0.4 is 5.73 Å². The molecule has 2 nitrogen and oxygen atoms in total. The lowest BCUT2D eigenvalue weighted by atomic mass is 10.3. The summed E-state index contributed by atoms with van der Waals surface area (Å²) in [6, 6.07) is 7.66. The third-order valence-electron chi connectivity index (χ3n) is 2.30. The number of anilines is 1. The standard InChI is InChI=1S/C12H10BrClN2S/c1-7-10(15)6-16-12(11(7)13)17-9-4-2-8(14)3-5-9/h2-6H,15H2,1H3. The van der Waals surface area contributed by atoms with Crippen molar-refractivity contribution in [1.29, 1.82) is 0 Å². The Bertz CT molecular complexity index is 543. The molecule has 0 radical (unpaired) electrons. The van der Waals surface area contributed by atoms with Gasteiger partial charge in [0.15, 0.2) is 0 Å². The molecular formula is C12H10BrClN2S. The maximum Gasteiger partial charge on any atom is 0.115 e. The zero-order valence-electron chi connectivity index (χ0n) is 9.08. The van der Waals surface area contributed by atoms with Crippen LogP contribution in [0.5, 0.6) is 0 Å². The summed E-state index contributed by atoms with van der Waals surface area (Å²) in [5.74, 6) is 0. The monoisotopic (exact) mass is 328 g/mol. The number of aromatic nitrogens is 1. The Balaban J connectivity index is 2.30. The molecule has 2 aromatic rings. The van der Waals surface area contributed by atoms with Gasteiger partial charge >= 0.3 is 0 Å². The highest BCUT2D eigenvalue weighted by Crippen LogP contribution is 2.35. The van der Waals surface area contributed by atoms with Gasteiger partial charge in [-0.15, -0.1) is 0 Å². The maximum absolute atomic E-state index is 5.84. The average molecular weight is 330 g/mol. The molecule has 17 heavy (non-hydrogen) atoms. The van der Waals surface area contributed by atoms with Crippen molar-refractivity contribution < 1.29 is 0 Å². The molecule has 0 unspecified atom stereocenters. The molecule has 0 atom stereocenters. The Morgan fingerprint density at radius 1 is 1.29 bits per heavy atom. The summed E-state index contributed by atoms with van der Waals surface area (Å²) in [4.78, 5) is 5.40. The van der Waals surface area contributed by atoms with Crippen molar-refractivity contribution in [3.8, 4) is 0 Å². The molecule has 0 amide bonds. The molecule has 0 aliphatic rings. The van der Waals surface area contributed by atoms with E-state index in [4.69, 9.17) is 17.3 Å². The van der Waals surface area contributed by atoms with Crippen molar-refractivity contribution in [3.05, 3.63) is 45.5 Å². The maximum atomic E-state index is 5.84. The Hall–Kier alpha value is -0.710. The highest BCUT2D eigenvalue weighted by molar-refractivity contribution is 9.10. The van der Waals surface area contributed by atoms with Crippen LogP contribution in [0.4, 0.5) is 5.69 Å². The molecule has 0 fully saturated rings. The van der Waals surface area contributed by atoms with E-state index >= 15 is 0 Å². The summed E-state index contributed by atoms with van der Waals surface area (Å²) < 4.78 is 0.942. The molecule has 0 saturated carbocycles. The molecule has 0 aliphatic heterocycles. The fourth-order valence-corrected chi connectivity index (χ4v) is 2.80. The van der Waals surface area contributed by atoms with E-state index in [1.807, 2.05) is 31.2 Å². The summed E-state index contributed by atoms with van der Waals surface area (Å²) in [5, 5.41) is 1.63. The van der Waals surface area contributed by atoms with Gasteiger partial charge in [-0.3, -0.25) is 0 Å². The van der Waals surface area contributed by atoms with E-state index in [1.165, 1.54) is 0 Å². The van der Waals surface area contributed by atoms with Gasteiger partial charge < -0.3 is 5.73 Å². The second-order valence-electron chi connectivity index (χ2n) is 3.51. The number of nitrogens with zero attached hydrogens (tertiary/aromatic N) is 1. The van der Waals surface area contributed by atoms with E-state index in [0.717, 1.165) is 25.0 Å². The summed E-state index contributed by atoms with van der Waals surface area (Å²) in [6.07, 6.45) is 1.68. The highest BCUT2D eigenvalue weighted by atomic mass is 79.9. The molecule has 0 spiro atoms. The SMILES string of the molecule is Cc1c(N)cnc(Sc2ccc(Cl)cc2)c1Br. The number of rotatable bonds is 2. The van der Waals surface area contributed by atoms with Crippen LogP contribution in [0.1, 0.15) is 5.56 Å². The second-order valence-corrected chi connectivity index (χ2v) is 5.81. The van der Waals surface area contributed by atoms with Crippen LogP contribution in [0.3, 0.4) is 0 Å². The van der Waals surface area contributed by atoms with Crippen molar-refractivity contribution >= 4 is 45.0 Å². The van der Waals surface area contributed by atoms with Crippen LogP contribution in [0.25, 0.3) is 0 Å².